The lowest BCUT2D eigenvalue weighted by Crippen LogP contribution is -2.38. The molecule has 4 nitrogen and oxygen atoms in total. The number of hydrogen-bond donors (Lipinski definition) is 2. The van der Waals surface area contributed by atoms with E-state index in [4.69, 9.17) is 4.74 Å². The molecule has 2 aromatic rings. The van der Waals surface area contributed by atoms with Crippen LogP contribution in [-0.2, 0) is 6.42 Å². The van der Waals surface area contributed by atoms with E-state index < -0.39 is 0 Å². The molecule has 0 saturated carbocycles. The van der Waals surface area contributed by atoms with Crippen LogP contribution in [0.3, 0.4) is 0 Å². The van der Waals surface area contributed by atoms with Gasteiger partial charge in [0, 0.05) is 17.0 Å². The minimum Gasteiger partial charge on any atom is -0.493 e. The van der Waals surface area contributed by atoms with Crippen LogP contribution < -0.4 is 15.4 Å². The zero-order valence-corrected chi connectivity index (χ0v) is 13.2. The Morgan fingerprint density at radius 1 is 1.27 bits per heavy atom. The number of nitrogens with one attached hydrogen (secondary N) is 2. The molecular weight excluding hydrogens is 296 g/mol. The predicted octanol–water partition coefficient (Wildman–Crippen LogP) is 3.50. The first kappa shape index (κ1) is 14.9. The normalized spacial score (nSPS) is 17.0. The number of amides is 2. The molecule has 1 atom stereocenters. The van der Waals surface area contributed by atoms with Crippen molar-refractivity contribution in [3.63, 3.8) is 0 Å². The van der Waals surface area contributed by atoms with Crippen molar-refractivity contribution in [2.24, 2.45) is 0 Å². The van der Waals surface area contributed by atoms with Crippen LogP contribution in [0.5, 0.6) is 5.75 Å². The number of carbonyl (C=O) groups excluding carboxylic acids is 1. The van der Waals surface area contributed by atoms with Gasteiger partial charge in [0.15, 0.2) is 0 Å². The van der Waals surface area contributed by atoms with Crippen molar-refractivity contribution >= 4 is 17.4 Å². The average molecular weight is 316 g/mol. The maximum Gasteiger partial charge on any atom is 0.315 e. The molecule has 1 aromatic carbocycles. The summed E-state index contributed by atoms with van der Waals surface area (Å²) in [5, 5.41) is 8.06. The van der Waals surface area contributed by atoms with Gasteiger partial charge >= 0.3 is 6.03 Å². The summed E-state index contributed by atoms with van der Waals surface area (Å²) in [6.07, 6.45) is 2.71. The smallest absolute Gasteiger partial charge is 0.315 e. The number of urea groups is 1. The second-order valence-corrected chi connectivity index (χ2v) is 6.34. The van der Waals surface area contributed by atoms with Crippen LogP contribution in [0.1, 0.15) is 29.3 Å². The van der Waals surface area contributed by atoms with E-state index >= 15 is 0 Å². The fourth-order valence-electron chi connectivity index (χ4n) is 2.64. The molecule has 2 amide bonds. The molecule has 0 bridgehead atoms. The van der Waals surface area contributed by atoms with E-state index in [2.05, 4.69) is 22.1 Å². The summed E-state index contributed by atoms with van der Waals surface area (Å²) < 4.78 is 5.72. The van der Waals surface area contributed by atoms with Crippen molar-refractivity contribution in [2.45, 2.75) is 25.3 Å². The van der Waals surface area contributed by atoms with Crippen LogP contribution in [0.25, 0.3) is 0 Å². The molecule has 22 heavy (non-hydrogen) atoms. The molecule has 1 aliphatic rings. The SMILES string of the molecule is O=C(NCCc1cccs1)N[C@@H]1CCCOc2ccccc21. The standard InChI is InChI=1S/C17H20N2O2S/c20-17(18-10-9-13-5-4-12-22-13)19-15-7-3-11-21-16-8-2-1-6-14(15)16/h1-2,4-6,8,12,15H,3,7,9-11H2,(H2,18,19,20)/t15-/m1/s1. The molecule has 0 saturated heterocycles. The van der Waals surface area contributed by atoms with Gasteiger partial charge in [-0.3, -0.25) is 0 Å². The molecule has 0 aliphatic carbocycles. The van der Waals surface area contributed by atoms with Crippen molar-refractivity contribution in [1.82, 2.24) is 10.6 Å². The van der Waals surface area contributed by atoms with Crippen molar-refractivity contribution in [2.75, 3.05) is 13.2 Å². The average Bonchev–Trinajstić information content (AvgIpc) is 2.96. The van der Waals surface area contributed by atoms with E-state index in [-0.39, 0.29) is 12.1 Å². The van der Waals surface area contributed by atoms with E-state index in [9.17, 15) is 4.79 Å². The van der Waals surface area contributed by atoms with Gasteiger partial charge in [-0.05, 0) is 36.8 Å². The van der Waals surface area contributed by atoms with Gasteiger partial charge in [0.1, 0.15) is 5.75 Å². The molecule has 1 aromatic heterocycles. The van der Waals surface area contributed by atoms with Crippen LogP contribution >= 0.6 is 11.3 Å². The summed E-state index contributed by atoms with van der Waals surface area (Å²) in [4.78, 5) is 13.4. The lowest BCUT2D eigenvalue weighted by atomic mass is 10.0. The Balaban J connectivity index is 1.54. The lowest BCUT2D eigenvalue weighted by Gasteiger charge is -2.18. The first-order valence-electron chi connectivity index (χ1n) is 7.61. The number of ether oxygens (including phenoxy) is 1. The quantitative estimate of drug-likeness (QED) is 0.907. The number of fused-ring (bicyclic) bond motifs is 1. The Hall–Kier alpha value is -2.01. The van der Waals surface area contributed by atoms with Crippen LogP contribution in [0, 0.1) is 0 Å². The van der Waals surface area contributed by atoms with Crippen LogP contribution in [-0.4, -0.2) is 19.2 Å². The molecule has 0 spiro atoms. The minimum absolute atomic E-state index is 0.0143. The second-order valence-electron chi connectivity index (χ2n) is 5.31. The van der Waals surface area contributed by atoms with Gasteiger partial charge in [0.2, 0.25) is 0 Å². The number of hydrogen-bond acceptors (Lipinski definition) is 3. The summed E-state index contributed by atoms with van der Waals surface area (Å²) in [7, 11) is 0. The topological polar surface area (TPSA) is 50.4 Å². The maximum absolute atomic E-state index is 12.1. The fraction of sp³-hybridized carbons (Fsp3) is 0.353. The first-order chi connectivity index (χ1) is 10.8. The molecule has 2 heterocycles. The first-order valence-corrected chi connectivity index (χ1v) is 8.49. The maximum atomic E-state index is 12.1. The van der Waals surface area contributed by atoms with Gasteiger partial charge in [-0.25, -0.2) is 4.79 Å². The van der Waals surface area contributed by atoms with Crippen LogP contribution in [0.4, 0.5) is 4.79 Å². The fourth-order valence-corrected chi connectivity index (χ4v) is 3.35. The minimum atomic E-state index is -0.113. The van der Waals surface area contributed by atoms with E-state index in [1.165, 1.54) is 4.88 Å². The summed E-state index contributed by atoms with van der Waals surface area (Å²) in [6.45, 7) is 1.35. The van der Waals surface area contributed by atoms with E-state index in [1.54, 1.807) is 11.3 Å². The highest BCUT2D eigenvalue weighted by molar-refractivity contribution is 7.09. The number of rotatable bonds is 4. The zero-order chi connectivity index (χ0) is 15.2. The second kappa shape index (κ2) is 7.31. The molecule has 1 aliphatic heterocycles. The van der Waals surface area contributed by atoms with Crippen molar-refractivity contribution < 1.29 is 9.53 Å². The molecule has 2 N–H and O–H groups in total. The molecule has 116 valence electrons. The van der Waals surface area contributed by atoms with E-state index in [1.807, 2.05) is 30.3 Å². The third-order valence-electron chi connectivity index (χ3n) is 3.73. The summed E-state index contributed by atoms with van der Waals surface area (Å²) in [6, 6.07) is 11.9. The van der Waals surface area contributed by atoms with Crippen LogP contribution in [0.2, 0.25) is 0 Å². The van der Waals surface area contributed by atoms with Crippen molar-refractivity contribution in [1.29, 1.82) is 0 Å². The van der Waals surface area contributed by atoms with Crippen molar-refractivity contribution in [3.8, 4) is 5.75 Å². The third kappa shape index (κ3) is 3.80. The highest BCUT2D eigenvalue weighted by Crippen LogP contribution is 2.30. The van der Waals surface area contributed by atoms with Gasteiger partial charge < -0.3 is 15.4 Å². The Bertz CT molecular complexity index is 613. The Morgan fingerprint density at radius 2 is 2.18 bits per heavy atom. The molecule has 0 radical (unpaired) electrons. The highest BCUT2D eigenvalue weighted by Gasteiger charge is 2.20. The lowest BCUT2D eigenvalue weighted by molar-refractivity contribution is 0.236. The highest BCUT2D eigenvalue weighted by atomic mass is 32.1. The summed E-state index contributed by atoms with van der Waals surface area (Å²) in [5.74, 6) is 0.879. The van der Waals surface area contributed by atoms with Gasteiger partial charge in [0.05, 0.1) is 12.6 Å². The summed E-state index contributed by atoms with van der Waals surface area (Å²) in [5.41, 5.74) is 1.06. The summed E-state index contributed by atoms with van der Waals surface area (Å²) >= 11 is 1.72. The van der Waals surface area contributed by atoms with Gasteiger partial charge in [-0.2, -0.15) is 0 Å². The largest absolute Gasteiger partial charge is 0.493 e. The molecule has 0 unspecified atom stereocenters. The molecule has 5 heteroatoms. The predicted molar refractivity (Wildman–Crippen MR) is 88.5 cm³/mol. The monoisotopic (exact) mass is 316 g/mol. The molecular formula is C17H20N2O2S. The van der Waals surface area contributed by atoms with E-state index in [0.29, 0.717) is 13.2 Å². The number of carbonyl (C=O) groups is 1. The Labute approximate surface area is 134 Å². The Kier molecular flexibility index (Phi) is 4.96. The van der Waals surface area contributed by atoms with Crippen LogP contribution in [0.15, 0.2) is 41.8 Å². The van der Waals surface area contributed by atoms with Gasteiger partial charge in [0.25, 0.3) is 0 Å². The third-order valence-corrected chi connectivity index (χ3v) is 4.67. The Morgan fingerprint density at radius 3 is 3.05 bits per heavy atom. The number of benzene rings is 1. The van der Waals surface area contributed by atoms with Gasteiger partial charge in [-0.1, -0.05) is 24.3 Å². The number of thiophene rings is 1. The molecule has 0 fully saturated rings. The molecule has 3 rings (SSSR count). The van der Waals surface area contributed by atoms with Gasteiger partial charge in [-0.15, -0.1) is 11.3 Å². The van der Waals surface area contributed by atoms with E-state index in [0.717, 1.165) is 30.6 Å². The number of para-hydroxylation sites is 1. The van der Waals surface area contributed by atoms with Crippen molar-refractivity contribution in [3.05, 3.63) is 52.2 Å². The zero-order valence-electron chi connectivity index (χ0n) is 12.4.